The molecule has 0 radical (unpaired) electrons. The van der Waals surface area contributed by atoms with Gasteiger partial charge in [-0.3, -0.25) is 18.5 Å². The van der Waals surface area contributed by atoms with E-state index >= 15 is 0 Å². The highest BCUT2D eigenvalue weighted by atomic mass is 35.5. The van der Waals surface area contributed by atoms with Gasteiger partial charge in [-0.15, -0.1) is 0 Å². The molecule has 2 heterocycles. The molecule has 0 amide bonds. The van der Waals surface area contributed by atoms with Crippen molar-refractivity contribution in [2.45, 2.75) is 12.6 Å². The molecule has 0 fully saturated rings. The Kier molecular flexibility index (Phi) is 5.86. The third kappa shape index (κ3) is 3.80. The minimum Gasteiger partial charge on any atom is -0.387 e. The molecular weight excluding hydrogens is 437 g/mol. The lowest BCUT2D eigenvalue weighted by Crippen LogP contribution is -2.37. The van der Waals surface area contributed by atoms with Crippen molar-refractivity contribution in [3.05, 3.63) is 91.3 Å². The summed E-state index contributed by atoms with van der Waals surface area (Å²) < 4.78 is 18.2. The Labute approximate surface area is 187 Å². The van der Waals surface area contributed by atoms with E-state index in [0.717, 1.165) is 4.57 Å². The van der Waals surface area contributed by atoms with E-state index in [1.54, 1.807) is 18.2 Å². The topological polar surface area (TPSA) is 94.1 Å². The second-order valence-corrected chi connectivity index (χ2v) is 7.81. The Morgan fingerprint density at radius 3 is 2.50 bits per heavy atom. The van der Waals surface area contributed by atoms with Crippen LogP contribution in [0.4, 0.5) is 10.3 Å². The Bertz CT molecular complexity index is 1390. The van der Waals surface area contributed by atoms with Crippen LogP contribution < -0.4 is 16.6 Å². The van der Waals surface area contributed by atoms with Gasteiger partial charge in [-0.05, 0) is 17.7 Å². The molecule has 32 heavy (non-hydrogen) atoms. The fraction of sp³-hybridized carbons (Fsp3) is 0.227. The van der Waals surface area contributed by atoms with Crippen LogP contribution in [0.5, 0.6) is 0 Å². The number of hydrogen-bond donors (Lipinski definition) is 2. The molecule has 0 bridgehead atoms. The summed E-state index contributed by atoms with van der Waals surface area (Å²) in [5.74, 6) is -0.330. The van der Waals surface area contributed by atoms with Gasteiger partial charge in [0.2, 0.25) is 5.95 Å². The van der Waals surface area contributed by atoms with Gasteiger partial charge in [0.1, 0.15) is 5.82 Å². The summed E-state index contributed by atoms with van der Waals surface area (Å²) in [7, 11) is 2.86. The predicted octanol–water partition coefficient (Wildman–Crippen LogP) is 2.42. The number of aromatic nitrogens is 4. The lowest BCUT2D eigenvalue weighted by Gasteiger charge is -2.15. The van der Waals surface area contributed by atoms with Crippen molar-refractivity contribution in [1.82, 2.24) is 18.7 Å². The second kappa shape index (κ2) is 8.60. The molecule has 0 aliphatic carbocycles. The maximum atomic E-state index is 14.5. The number of aliphatic hydroxyl groups is 1. The summed E-state index contributed by atoms with van der Waals surface area (Å²) in [6, 6.07) is 13.4. The molecular formula is C22H21ClFN5O3. The van der Waals surface area contributed by atoms with Crippen LogP contribution in [0.15, 0.2) is 58.1 Å². The van der Waals surface area contributed by atoms with E-state index in [9.17, 15) is 19.1 Å². The number of imidazole rings is 1. The fourth-order valence-corrected chi connectivity index (χ4v) is 3.78. The van der Waals surface area contributed by atoms with Crippen molar-refractivity contribution in [3.63, 3.8) is 0 Å². The van der Waals surface area contributed by atoms with Gasteiger partial charge >= 0.3 is 5.69 Å². The quantitative estimate of drug-likeness (QED) is 0.464. The number of fused-ring (bicyclic) bond motifs is 1. The smallest absolute Gasteiger partial charge is 0.332 e. The molecule has 166 valence electrons. The standard InChI is InChI=1S/C22H21ClFN5O3/c1-27-19-18(20(31)28(2)22(27)32)29(12-14-15(23)9-6-10-16(14)24)21(26-19)25-11-17(30)13-7-4-3-5-8-13/h3-10,17,30H,11-12H2,1-2H3,(H,25,26). The predicted molar refractivity (Wildman–Crippen MR) is 121 cm³/mol. The Balaban J connectivity index is 1.83. The number of rotatable bonds is 6. The van der Waals surface area contributed by atoms with Crippen LogP contribution in [0.1, 0.15) is 17.2 Å². The number of aliphatic hydroxyl groups excluding tert-OH is 1. The highest BCUT2D eigenvalue weighted by Gasteiger charge is 2.21. The van der Waals surface area contributed by atoms with E-state index in [1.165, 1.54) is 35.4 Å². The van der Waals surface area contributed by atoms with Gasteiger partial charge in [0, 0.05) is 31.2 Å². The summed E-state index contributed by atoms with van der Waals surface area (Å²) in [6.07, 6.45) is -0.854. The third-order valence-electron chi connectivity index (χ3n) is 5.36. The molecule has 0 aliphatic rings. The van der Waals surface area contributed by atoms with Crippen LogP contribution in [-0.2, 0) is 20.6 Å². The SMILES string of the molecule is Cn1c(=O)c2c(nc(NCC(O)c3ccccc3)n2Cc2c(F)cccc2Cl)n(C)c1=O. The molecule has 10 heteroatoms. The van der Waals surface area contributed by atoms with Crippen molar-refractivity contribution in [1.29, 1.82) is 0 Å². The van der Waals surface area contributed by atoms with Crippen LogP contribution in [-0.4, -0.2) is 30.3 Å². The number of hydrogen-bond acceptors (Lipinski definition) is 5. The zero-order chi connectivity index (χ0) is 23.0. The molecule has 4 rings (SSSR count). The van der Waals surface area contributed by atoms with Crippen LogP contribution in [0.2, 0.25) is 5.02 Å². The second-order valence-electron chi connectivity index (χ2n) is 7.41. The van der Waals surface area contributed by atoms with Crippen molar-refractivity contribution in [2.24, 2.45) is 14.1 Å². The fourth-order valence-electron chi connectivity index (χ4n) is 3.56. The zero-order valence-corrected chi connectivity index (χ0v) is 18.2. The van der Waals surface area contributed by atoms with Crippen LogP contribution >= 0.6 is 11.6 Å². The molecule has 1 atom stereocenters. The lowest BCUT2D eigenvalue weighted by molar-refractivity contribution is 0.191. The summed E-state index contributed by atoms with van der Waals surface area (Å²) in [4.78, 5) is 29.7. The molecule has 0 saturated heterocycles. The Morgan fingerprint density at radius 2 is 1.81 bits per heavy atom. The average molecular weight is 458 g/mol. The Morgan fingerprint density at radius 1 is 1.09 bits per heavy atom. The molecule has 0 aliphatic heterocycles. The highest BCUT2D eigenvalue weighted by Crippen LogP contribution is 2.24. The number of nitrogens with zero attached hydrogens (tertiary/aromatic N) is 4. The van der Waals surface area contributed by atoms with Crippen LogP contribution in [0.3, 0.4) is 0 Å². The van der Waals surface area contributed by atoms with E-state index in [2.05, 4.69) is 10.3 Å². The van der Waals surface area contributed by atoms with E-state index in [-0.39, 0.29) is 40.8 Å². The average Bonchev–Trinajstić information content (AvgIpc) is 3.16. The van der Waals surface area contributed by atoms with Gasteiger partial charge in [0.05, 0.1) is 12.6 Å². The molecule has 2 aromatic heterocycles. The van der Waals surface area contributed by atoms with Gasteiger partial charge in [0.15, 0.2) is 11.2 Å². The molecule has 2 aromatic carbocycles. The number of aryl methyl sites for hydroxylation is 1. The van der Waals surface area contributed by atoms with Crippen LogP contribution in [0.25, 0.3) is 11.2 Å². The maximum absolute atomic E-state index is 14.5. The normalized spacial score (nSPS) is 12.3. The number of anilines is 1. The van der Waals surface area contributed by atoms with Gasteiger partial charge in [-0.25, -0.2) is 9.18 Å². The van der Waals surface area contributed by atoms with Gasteiger partial charge in [-0.1, -0.05) is 48.0 Å². The van der Waals surface area contributed by atoms with Gasteiger partial charge < -0.3 is 10.4 Å². The van der Waals surface area contributed by atoms with Crippen molar-refractivity contribution < 1.29 is 9.50 Å². The molecule has 0 saturated carbocycles. The maximum Gasteiger partial charge on any atom is 0.332 e. The zero-order valence-electron chi connectivity index (χ0n) is 17.4. The first-order chi connectivity index (χ1) is 15.3. The minimum atomic E-state index is -0.854. The van der Waals surface area contributed by atoms with E-state index < -0.39 is 23.2 Å². The number of halogens is 2. The van der Waals surface area contributed by atoms with Crippen molar-refractivity contribution in [2.75, 3.05) is 11.9 Å². The van der Waals surface area contributed by atoms with Crippen molar-refractivity contribution >= 4 is 28.7 Å². The van der Waals surface area contributed by atoms with Gasteiger partial charge in [0.25, 0.3) is 5.56 Å². The first-order valence-electron chi connectivity index (χ1n) is 9.85. The summed E-state index contributed by atoms with van der Waals surface area (Å²) in [5, 5.41) is 13.7. The number of benzene rings is 2. The summed E-state index contributed by atoms with van der Waals surface area (Å²) >= 11 is 6.21. The highest BCUT2D eigenvalue weighted by molar-refractivity contribution is 6.31. The van der Waals surface area contributed by atoms with Crippen LogP contribution in [0, 0.1) is 5.82 Å². The monoisotopic (exact) mass is 457 g/mol. The molecule has 4 aromatic rings. The first-order valence-corrected chi connectivity index (χ1v) is 10.2. The van der Waals surface area contributed by atoms with E-state index in [0.29, 0.717) is 5.56 Å². The number of nitrogens with one attached hydrogen (secondary N) is 1. The minimum absolute atomic E-state index is 0.0760. The molecule has 0 spiro atoms. The van der Waals surface area contributed by atoms with E-state index in [4.69, 9.17) is 11.6 Å². The molecule has 2 N–H and O–H groups in total. The van der Waals surface area contributed by atoms with Gasteiger partial charge in [-0.2, -0.15) is 4.98 Å². The largest absolute Gasteiger partial charge is 0.387 e. The molecule has 8 nitrogen and oxygen atoms in total. The third-order valence-corrected chi connectivity index (χ3v) is 5.72. The molecule has 1 unspecified atom stereocenters. The lowest BCUT2D eigenvalue weighted by atomic mass is 10.1. The van der Waals surface area contributed by atoms with E-state index in [1.807, 2.05) is 18.2 Å². The summed E-state index contributed by atoms with van der Waals surface area (Å²) in [6.45, 7) is -0.0220. The summed E-state index contributed by atoms with van der Waals surface area (Å²) in [5.41, 5.74) is 0.0266. The Hall–Kier alpha value is -3.43. The van der Waals surface area contributed by atoms with Crippen molar-refractivity contribution in [3.8, 4) is 0 Å². The first kappa shape index (κ1) is 21.8.